The summed E-state index contributed by atoms with van der Waals surface area (Å²) >= 11 is 1.07. The molecule has 0 aliphatic carbocycles. The van der Waals surface area contributed by atoms with Gasteiger partial charge in [0, 0.05) is 11.1 Å². The SMILES string of the molecule is O=C1SC(c2ccccc2)=N/C1=C/c1ccccc1F. The second-order valence-corrected chi connectivity index (χ2v) is 5.19. The van der Waals surface area contributed by atoms with Crippen LogP contribution in [0.1, 0.15) is 11.1 Å². The molecule has 98 valence electrons. The van der Waals surface area contributed by atoms with Crippen LogP contribution in [0.15, 0.2) is 65.3 Å². The molecule has 2 aromatic rings. The van der Waals surface area contributed by atoms with Crippen LogP contribution >= 0.6 is 11.8 Å². The summed E-state index contributed by atoms with van der Waals surface area (Å²) in [6, 6.07) is 15.8. The molecule has 1 heterocycles. The lowest BCUT2D eigenvalue weighted by Crippen LogP contribution is -1.92. The Morgan fingerprint density at radius 3 is 2.45 bits per heavy atom. The van der Waals surface area contributed by atoms with Gasteiger partial charge in [-0.25, -0.2) is 9.38 Å². The predicted octanol–water partition coefficient (Wildman–Crippen LogP) is 3.89. The number of halogens is 1. The van der Waals surface area contributed by atoms with Crippen LogP contribution in [0.2, 0.25) is 0 Å². The number of benzene rings is 2. The largest absolute Gasteiger partial charge is 0.279 e. The third kappa shape index (κ3) is 2.56. The van der Waals surface area contributed by atoms with Gasteiger partial charge in [-0.05, 0) is 23.9 Å². The second kappa shape index (κ2) is 5.43. The van der Waals surface area contributed by atoms with Crippen molar-refractivity contribution in [2.75, 3.05) is 0 Å². The lowest BCUT2D eigenvalue weighted by Gasteiger charge is -1.96. The minimum Gasteiger partial charge on any atom is -0.279 e. The van der Waals surface area contributed by atoms with E-state index in [1.807, 2.05) is 30.3 Å². The molecule has 0 atom stereocenters. The predicted molar refractivity (Wildman–Crippen MR) is 80.0 cm³/mol. The maximum Gasteiger partial charge on any atom is 0.244 e. The summed E-state index contributed by atoms with van der Waals surface area (Å²) in [5, 5.41) is 0.491. The summed E-state index contributed by atoms with van der Waals surface area (Å²) in [7, 11) is 0. The number of hydrogen-bond donors (Lipinski definition) is 0. The van der Waals surface area contributed by atoms with Crippen molar-refractivity contribution < 1.29 is 9.18 Å². The van der Waals surface area contributed by atoms with Crippen LogP contribution in [0.25, 0.3) is 6.08 Å². The van der Waals surface area contributed by atoms with Crippen molar-refractivity contribution in [2.24, 2.45) is 4.99 Å². The van der Waals surface area contributed by atoms with Crippen LogP contribution in [-0.2, 0) is 4.79 Å². The molecule has 0 amide bonds. The number of carbonyl (C=O) groups is 1. The minimum absolute atomic E-state index is 0.160. The maximum absolute atomic E-state index is 13.6. The number of thioether (sulfide) groups is 1. The van der Waals surface area contributed by atoms with Crippen molar-refractivity contribution in [1.82, 2.24) is 0 Å². The zero-order chi connectivity index (χ0) is 13.9. The van der Waals surface area contributed by atoms with Crippen molar-refractivity contribution >= 4 is 28.0 Å². The minimum atomic E-state index is -0.360. The van der Waals surface area contributed by atoms with E-state index in [4.69, 9.17) is 0 Å². The van der Waals surface area contributed by atoms with E-state index < -0.39 is 0 Å². The summed E-state index contributed by atoms with van der Waals surface area (Å²) in [6.07, 6.45) is 1.49. The van der Waals surface area contributed by atoms with Gasteiger partial charge < -0.3 is 0 Å². The van der Waals surface area contributed by atoms with Crippen LogP contribution in [0, 0.1) is 5.82 Å². The van der Waals surface area contributed by atoms with Gasteiger partial charge in [-0.2, -0.15) is 0 Å². The quantitative estimate of drug-likeness (QED) is 0.783. The Hall–Kier alpha value is -2.20. The third-order valence-corrected chi connectivity index (χ3v) is 3.75. The van der Waals surface area contributed by atoms with E-state index in [0.29, 0.717) is 10.6 Å². The standard InChI is InChI=1S/C16H10FNOS/c17-13-9-5-4-8-12(13)10-14-16(19)20-15(18-14)11-6-2-1-3-7-11/h1-10H/b14-10+. The van der Waals surface area contributed by atoms with E-state index in [-0.39, 0.29) is 16.6 Å². The molecule has 0 spiro atoms. The summed E-state index contributed by atoms with van der Waals surface area (Å²) in [6.45, 7) is 0. The molecule has 2 nitrogen and oxygen atoms in total. The first-order valence-electron chi connectivity index (χ1n) is 6.06. The van der Waals surface area contributed by atoms with Crippen LogP contribution in [0.4, 0.5) is 4.39 Å². The van der Waals surface area contributed by atoms with Gasteiger partial charge in [0.25, 0.3) is 0 Å². The molecule has 0 bridgehead atoms. The summed E-state index contributed by atoms with van der Waals surface area (Å²) < 4.78 is 13.6. The maximum atomic E-state index is 13.6. The van der Waals surface area contributed by atoms with Gasteiger partial charge in [0.15, 0.2) is 0 Å². The molecule has 0 fully saturated rings. The molecule has 0 unspecified atom stereocenters. The highest BCUT2D eigenvalue weighted by molar-refractivity contribution is 8.27. The van der Waals surface area contributed by atoms with Crippen molar-refractivity contribution in [3.05, 3.63) is 77.2 Å². The molecule has 2 aromatic carbocycles. The highest BCUT2D eigenvalue weighted by Crippen LogP contribution is 2.29. The smallest absolute Gasteiger partial charge is 0.244 e. The number of aliphatic imine (C=N–C) groups is 1. The van der Waals surface area contributed by atoms with E-state index in [2.05, 4.69) is 4.99 Å². The molecule has 1 aliphatic heterocycles. The third-order valence-electron chi connectivity index (χ3n) is 2.84. The highest BCUT2D eigenvalue weighted by atomic mass is 32.2. The van der Waals surface area contributed by atoms with Gasteiger partial charge >= 0.3 is 0 Å². The lowest BCUT2D eigenvalue weighted by atomic mass is 10.2. The summed E-state index contributed by atoms with van der Waals surface area (Å²) in [4.78, 5) is 16.2. The molecular formula is C16H10FNOS. The topological polar surface area (TPSA) is 29.4 Å². The van der Waals surface area contributed by atoms with Crippen molar-refractivity contribution in [1.29, 1.82) is 0 Å². The Bertz CT molecular complexity index is 722. The van der Waals surface area contributed by atoms with Crippen molar-refractivity contribution in [3.8, 4) is 0 Å². The van der Waals surface area contributed by atoms with E-state index in [0.717, 1.165) is 17.3 Å². The zero-order valence-corrected chi connectivity index (χ0v) is 11.2. The Kier molecular flexibility index (Phi) is 3.48. The normalized spacial score (nSPS) is 16.6. The highest BCUT2D eigenvalue weighted by Gasteiger charge is 2.23. The fourth-order valence-corrected chi connectivity index (χ4v) is 2.64. The van der Waals surface area contributed by atoms with Crippen molar-refractivity contribution in [3.63, 3.8) is 0 Å². The fraction of sp³-hybridized carbons (Fsp3) is 0. The summed E-state index contributed by atoms with van der Waals surface area (Å²) in [5.41, 5.74) is 1.54. The number of nitrogens with zero attached hydrogens (tertiary/aromatic N) is 1. The molecule has 3 rings (SSSR count). The first-order valence-corrected chi connectivity index (χ1v) is 6.88. The van der Waals surface area contributed by atoms with E-state index in [9.17, 15) is 9.18 Å². The Morgan fingerprint density at radius 2 is 1.70 bits per heavy atom. The van der Waals surface area contributed by atoms with Crippen LogP contribution in [0.3, 0.4) is 0 Å². The molecule has 4 heteroatoms. The molecule has 0 N–H and O–H groups in total. The monoisotopic (exact) mass is 283 g/mol. The fourth-order valence-electron chi connectivity index (χ4n) is 1.85. The van der Waals surface area contributed by atoms with Crippen molar-refractivity contribution in [2.45, 2.75) is 0 Å². The molecular weight excluding hydrogens is 273 g/mol. The van der Waals surface area contributed by atoms with E-state index in [1.165, 1.54) is 12.1 Å². The second-order valence-electron chi connectivity index (χ2n) is 4.22. The molecule has 0 aromatic heterocycles. The molecule has 1 aliphatic rings. The molecule has 0 saturated heterocycles. The van der Waals surface area contributed by atoms with Gasteiger partial charge in [0.05, 0.1) is 0 Å². The van der Waals surface area contributed by atoms with Gasteiger partial charge in [-0.15, -0.1) is 0 Å². The lowest BCUT2D eigenvalue weighted by molar-refractivity contribution is -0.107. The summed E-state index contributed by atoms with van der Waals surface area (Å²) in [5.74, 6) is -0.360. The van der Waals surface area contributed by atoms with Gasteiger partial charge in [0.2, 0.25) is 5.12 Å². The first kappa shape index (κ1) is 12.8. The Balaban J connectivity index is 1.97. The average Bonchev–Trinajstić information content (AvgIpc) is 2.84. The van der Waals surface area contributed by atoms with Gasteiger partial charge in [0.1, 0.15) is 16.6 Å². The number of carbonyl (C=O) groups excluding carboxylic acids is 1. The number of hydrogen-bond acceptors (Lipinski definition) is 3. The Labute approximate surface area is 120 Å². The zero-order valence-electron chi connectivity index (χ0n) is 10.4. The molecule has 0 saturated carbocycles. The Morgan fingerprint density at radius 1 is 1.00 bits per heavy atom. The van der Waals surface area contributed by atoms with Gasteiger partial charge in [-0.3, -0.25) is 4.79 Å². The average molecular weight is 283 g/mol. The van der Waals surface area contributed by atoms with E-state index >= 15 is 0 Å². The molecule has 20 heavy (non-hydrogen) atoms. The number of rotatable bonds is 2. The van der Waals surface area contributed by atoms with Gasteiger partial charge in [-0.1, -0.05) is 48.5 Å². The van der Waals surface area contributed by atoms with Crippen LogP contribution < -0.4 is 0 Å². The van der Waals surface area contributed by atoms with E-state index in [1.54, 1.807) is 18.2 Å². The van der Waals surface area contributed by atoms with Crippen LogP contribution in [-0.4, -0.2) is 10.2 Å². The molecule has 0 radical (unpaired) electrons. The first-order chi connectivity index (χ1) is 9.74. The van der Waals surface area contributed by atoms with Crippen LogP contribution in [0.5, 0.6) is 0 Å².